The number of methoxy groups -OCH3 is 1. The Balaban J connectivity index is 1.57. The van der Waals surface area contributed by atoms with Gasteiger partial charge in [0.1, 0.15) is 29.6 Å². The van der Waals surface area contributed by atoms with Gasteiger partial charge in [-0.3, -0.25) is 9.69 Å². The number of aliphatic hydroxyl groups is 2. The summed E-state index contributed by atoms with van der Waals surface area (Å²) in [5.41, 5.74) is 3.08. The molecule has 1 saturated carbocycles. The summed E-state index contributed by atoms with van der Waals surface area (Å²) in [5.74, 6) is -0.203. The van der Waals surface area contributed by atoms with Gasteiger partial charge in [0, 0.05) is 49.6 Å². The first-order chi connectivity index (χ1) is 27.4. The maximum absolute atomic E-state index is 13.8. The fraction of sp³-hybridized carbons (Fsp3) is 0.568. The summed E-state index contributed by atoms with van der Waals surface area (Å²) >= 11 is 0. The molecule has 0 bridgehead atoms. The van der Waals surface area contributed by atoms with E-state index in [0.717, 1.165) is 62.4 Å². The highest BCUT2D eigenvalue weighted by Gasteiger charge is 2.65. The number of rotatable bonds is 19. The van der Waals surface area contributed by atoms with Gasteiger partial charge in [0.25, 0.3) is 0 Å². The lowest BCUT2D eigenvalue weighted by Crippen LogP contribution is -2.70. The second-order valence-electron chi connectivity index (χ2n) is 15.1. The Morgan fingerprint density at radius 2 is 1.88 bits per heavy atom. The molecule has 7 atom stereocenters. The summed E-state index contributed by atoms with van der Waals surface area (Å²) in [6, 6.07) is 12.1. The van der Waals surface area contributed by atoms with Crippen LogP contribution in [0.3, 0.4) is 0 Å². The summed E-state index contributed by atoms with van der Waals surface area (Å²) in [6.07, 6.45) is 12.0. The van der Waals surface area contributed by atoms with Crippen LogP contribution < -0.4 is 9.47 Å². The quantitative estimate of drug-likeness (QED) is 0.0625. The van der Waals surface area contributed by atoms with Crippen LogP contribution in [0.25, 0.3) is 0 Å². The van der Waals surface area contributed by atoms with Crippen molar-refractivity contribution in [3.63, 3.8) is 0 Å². The van der Waals surface area contributed by atoms with Crippen LogP contribution in [0.1, 0.15) is 99.4 Å². The second-order valence-corrected chi connectivity index (χ2v) is 15.1. The SMILES string of the molecule is C=CCO[C@@]12Oc3ccc(Oc4cccc(C=O)c4)cc3[C@H]3[C@H](CCCCO)[C@@H](CCCCO)C=C(C(=NOC4CCCCO4)C[C@@H]1N(CCC)C(=O)OC)[C@H]32. The van der Waals surface area contributed by atoms with Gasteiger partial charge >= 0.3 is 6.09 Å². The molecule has 2 aromatic rings. The van der Waals surface area contributed by atoms with Crippen molar-refractivity contribution in [1.82, 2.24) is 4.90 Å². The molecule has 2 aromatic carbocycles. The number of carbonyl (C=O) groups excluding carboxylic acids is 2. The molecule has 0 spiro atoms. The van der Waals surface area contributed by atoms with Crippen LogP contribution in [-0.2, 0) is 19.0 Å². The third-order valence-electron chi connectivity index (χ3n) is 11.5. The van der Waals surface area contributed by atoms with E-state index < -0.39 is 30.1 Å². The average molecular weight is 775 g/mol. The number of fused-ring (bicyclic) bond motifs is 2. The molecule has 2 fully saturated rings. The highest BCUT2D eigenvalue weighted by molar-refractivity contribution is 6.03. The number of hydrogen-bond donors (Lipinski definition) is 2. The summed E-state index contributed by atoms with van der Waals surface area (Å²) in [4.78, 5) is 33.3. The molecular formula is C44H58N2O10. The predicted molar refractivity (Wildman–Crippen MR) is 211 cm³/mol. The topological polar surface area (TPSA) is 146 Å². The number of hydrogen-bond acceptors (Lipinski definition) is 11. The minimum atomic E-state index is -1.38. The van der Waals surface area contributed by atoms with E-state index in [0.29, 0.717) is 60.9 Å². The molecule has 2 aliphatic carbocycles. The van der Waals surface area contributed by atoms with Crippen molar-refractivity contribution in [2.24, 2.45) is 22.9 Å². The lowest BCUT2D eigenvalue weighted by atomic mass is 9.55. The molecule has 6 rings (SSSR count). The number of ether oxygens (including phenoxy) is 5. The molecule has 2 aliphatic heterocycles. The van der Waals surface area contributed by atoms with E-state index in [-0.39, 0.29) is 44.0 Å². The van der Waals surface area contributed by atoms with Crippen molar-refractivity contribution in [3.8, 4) is 17.2 Å². The summed E-state index contributed by atoms with van der Waals surface area (Å²) < 4.78 is 31.9. The maximum Gasteiger partial charge on any atom is 0.409 e. The van der Waals surface area contributed by atoms with Crippen molar-refractivity contribution in [2.75, 3.05) is 40.1 Å². The number of carbonyl (C=O) groups is 2. The molecule has 2 N–H and O–H groups in total. The number of nitrogens with zero attached hydrogens (tertiary/aromatic N) is 2. The lowest BCUT2D eigenvalue weighted by molar-refractivity contribution is -0.255. The zero-order chi connectivity index (χ0) is 39.5. The monoisotopic (exact) mass is 774 g/mol. The first-order valence-electron chi connectivity index (χ1n) is 20.3. The summed E-state index contributed by atoms with van der Waals surface area (Å²) in [5, 5.41) is 24.6. The molecule has 2 heterocycles. The van der Waals surface area contributed by atoms with Crippen LogP contribution in [0.4, 0.5) is 4.79 Å². The first kappa shape index (κ1) is 41.4. The summed E-state index contributed by atoms with van der Waals surface area (Å²) in [7, 11) is 1.38. The molecule has 0 radical (unpaired) electrons. The Kier molecular flexibility index (Phi) is 14.6. The van der Waals surface area contributed by atoms with Crippen LogP contribution in [-0.4, -0.2) is 91.4 Å². The predicted octanol–water partition coefficient (Wildman–Crippen LogP) is 7.93. The molecule has 4 aliphatic rings. The van der Waals surface area contributed by atoms with Gasteiger partial charge in [0.2, 0.25) is 12.1 Å². The Bertz CT molecular complexity index is 1710. The Labute approximate surface area is 330 Å². The second kappa shape index (κ2) is 19.8. The number of oxime groups is 1. The van der Waals surface area contributed by atoms with E-state index >= 15 is 0 Å². The molecule has 12 heteroatoms. The summed E-state index contributed by atoms with van der Waals surface area (Å²) in [6.45, 7) is 7.35. The van der Waals surface area contributed by atoms with Crippen molar-refractivity contribution in [2.45, 2.75) is 102 Å². The number of benzene rings is 2. The van der Waals surface area contributed by atoms with E-state index in [4.69, 9.17) is 33.7 Å². The molecule has 1 saturated heterocycles. The van der Waals surface area contributed by atoms with Crippen LogP contribution in [0.5, 0.6) is 17.2 Å². The van der Waals surface area contributed by atoms with Gasteiger partial charge in [-0.1, -0.05) is 49.2 Å². The smallest absolute Gasteiger partial charge is 0.409 e. The molecule has 1 amide bonds. The fourth-order valence-corrected chi connectivity index (χ4v) is 9.15. The largest absolute Gasteiger partial charge is 0.459 e. The number of amides is 1. The molecule has 12 nitrogen and oxygen atoms in total. The van der Waals surface area contributed by atoms with E-state index in [1.165, 1.54) is 7.11 Å². The number of allylic oxidation sites excluding steroid dienone is 1. The number of aldehydes is 1. The Hall–Kier alpha value is -4.23. The van der Waals surface area contributed by atoms with Crippen LogP contribution in [0.2, 0.25) is 0 Å². The highest BCUT2D eigenvalue weighted by atomic mass is 16.8. The van der Waals surface area contributed by atoms with Gasteiger partial charge in [-0.2, -0.15) is 0 Å². The van der Waals surface area contributed by atoms with E-state index in [1.807, 2.05) is 31.2 Å². The minimum Gasteiger partial charge on any atom is -0.459 e. The van der Waals surface area contributed by atoms with Crippen LogP contribution in [0, 0.1) is 17.8 Å². The van der Waals surface area contributed by atoms with Crippen molar-refractivity contribution in [1.29, 1.82) is 0 Å². The normalized spacial score (nSPS) is 27.2. The third-order valence-corrected chi connectivity index (χ3v) is 11.5. The maximum atomic E-state index is 13.8. The van der Waals surface area contributed by atoms with E-state index in [1.54, 1.807) is 29.2 Å². The van der Waals surface area contributed by atoms with E-state index in [9.17, 15) is 19.8 Å². The Morgan fingerprint density at radius 1 is 1.07 bits per heavy atom. The average Bonchev–Trinajstić information content (AvgIpc) is 3.23. The highest BCUT2D eigenvalue weighted by Crippen LogP contribution is 2.62. The van der Waals surface area contributed by atoms with Gasteiger partial charge in [-0.15, -0.1) is 6.58 Å². The standard InChI is InChI=1S/C44H58N2O10/c1-4-20-46(43(50)51-3)39-28-37(45-56-40-17-8-11-24-52-40)35-26-31(14-6-9-21-47)34(16-7-10-22-48)41-36-27-33(54-32-15-12-13-30(25-32)29-49)18-19-38(36)55-44(39,42(35)41)53-23-5-2/h5,12-13,15,18-19,25-27,29,31,34,39-42,47-48H,2,4,6-11,14,16-17,20-24,28H2,1,3H3/t31-,34+,39-,40?,41+,42+,44+/m0/s1. The first-order valence-corrected chi connectivity index (χ1v) is 20.3. The Morgan fingerprint density at radius 3 is 2.59 bits per heavy atom. The molecule has 56 heavy (non-hydrogen) atoms. The fourth-order valence-electron chi connectivity index (χ4n) is 9.15. The van der Waals surface area contributed by atoms with Gasteiger partial charge in [0.05, 0.1) is 32.0 Å². The van der Waals surface area contributed by atoms with Gasteiger partial charge in [-0.05, 0) is 92.7 Å². The lowest BCUT2D eigenvalue weighted by Gasteiger charge is -2.59. The molecule has 1 unspecified atom stereocenters. The molecule has 0 aromatic heterocycles. The molecule has 304 valence electrons. The zero-order valence-electron chi connectivity index (χ0n) is 32.8. The van der Waals surface area contributed by atoms with Crippen molar-refractivity contribution >= 4 is 18.1 Å². The van der Waals surface area contributed by atoms with Crippen LogP contribution in [0.15, 0.2) is 71.9 Å². The van der Waals surface area contributed by atoms with Crippen molar-refractivity contribution in [3.05, 3.63) is 77.9 Å². The number of unbranched alkanes of at least 4 members (excludes halogenated alkanes) is 2. The van der Waals surface area contributed by atoms with Gasteiger partial charge in [0.15, 0.2) is 0 Å². The number of aliphatic hydroxyl groups excluding tert-OH is 2. The van der Waals surface area contributed by atoms with Crippen LogP contribution >= 0.6 is 0 Å². The van der Waals surface area contributed by atoms with Gasteiger partial charge in [-0.25, -0.2) is 4.79 Å². The molecular weight excluding hydrogens is 716 g/mol. The minimum absolute atomic E-state index is 0.0531. The van der Waals surface area contributed by atoms with Crippen molar-refractivity contribution < 1.29 is 48.3 Å². The third kappa shape index (κ3) is 8.99. The zero-order valence-corrected chi connectivity index (χ0v) is 32.8. The van der Waals surface area contributed by atoms with E-state index in [2.05, 4.69) is 12.7 Å². The van der Waals surface area contributed by atoms with Gasteiger partial charge < -0.3 is 38.7 Å².